The number of benzene rings is 2. The van der Waals surface area contributed by atoms with Gasteiger partial charge in [-0.2, -0.15) is 0 Å². The molecule has 2 rings (SSSR count). The van der Waals surface area contributed by atoms with Gasteiger partial charge in [0.05, 0.1) is 12.3 Å². The maximum absolute atomic E-state index is 13.0. The van der Waals surface area contributed by atoms with Gasteiger partial charge in [0.25, 0.3) is 0 Å². The number of hydrogen-bond donors (Lipinski definition) is 3. The standard InChI is InChI=1S/C14H11Cl2FN2O2/c15-8-4-12(16)11(7-20)13(5-8)19-14(21)18-10-3-1-2-9(17)6-10/h1-6,20H,7H2,(H2,18,19,21). The van der Waals surface area contributed by atoms with E-state index in [0.717, 1.165) is 0 Å². The van der Waals surface area contributed by atoms with E-state index in [1.54, 1.807) is 6.07 Å². The number of aliphatic hydroxyl groups is 1. The molecule has 0 aromatic heterocycles. The molecule has 2 aromatic rings. The molecule has 3 N–H and O–H groups in total. The maximum Gasteiger partial charge on any atom is 0.323 e. The number of halogens is 3. The molecule has 0 radical (unpaired) electrons. The Morgan fingerprint density at radius 2 is 1.95 bits per heavy atom. The molecule has 0 unspecified atom stereocenters. The van der Waals surface area contributed by atoms with Crippen molar-refractivity contribution in [3.63, 3.8) is 0 Å². The lowest BCUT2D eigenvalue weighted by molar-refractivity contribution is 0.262. The van der Waals surface area contributed by atoms with Gasteiger partial charge in [0.15, 0.2) is 0 Å². The summed E-state index contributed by atoms with van der Waals surface area (Å²) in [6.45, 7) is -0.356. The lowest BCUT2D eigenvalue weighted by Crippen LogP contribution is -2.20. The summed E-state index contributed by atoms with van der Waals surface area (Å²) in [7, 11) is 0. The number of anilines is 2. The van der Waals surface area contributed by atoms with Crippen LogP contribution in [0.5, 0.6) is 0 Å². The smallest absolute Gasteiger partial charge is 0.323 e. The number of carbonyl (C=O) groups excluding carboxylic acids is 1. The third kappa shape index (κ3) is 4.07. The second kappa shape index (κ2) is 6.76. The molecule has 0 fully saturated rings. The highest BCUT2D eigenvalue weighted by Crippen LogP contribution is 2.29. The van der Waals surface area contributed by atoms with Crippen molar-refractivity contribution in [3.05, 3.63) is 57.8 Å². The van der Waals surface area contributed by atoms with Crippen molar-refractivity contribution < 1.29 is 14.3 Å². The van der Waals surface area contributed by atoms with Crippen LogP contribution in [0.4, 0.5) is 20.6 Å². The third-order valence-corrected chi connectivity index (χ3v) is 3.20. The number of urea groups is 1. The lowest BCUT2D eigenvalue weighted by atomic mass is 10.2. The van der Waals surface area contributed by atoms with Gasteiger partial charge < -0.3 is 15.7 Å². The fraction of sp³-hybridized carbons (Fsp3) is 0.0714. The van der Waals surface area contributed by atoms with Crippen LogP contribution >= 0.6 is 23.2 Å². The molecule has 0 heterocycles. The Labute approximate surface area is 130 Å². The zero-order valence-corrected chi connectivity index (χ0v) is 12.2. The Bertz CT molecular complexity index is 680. The lowest BCUT2D eigenvalue weighted by Gasteiger charge is -2.12. The summed E-state index contributed by atoms with van der Waals surface area (Å²) in [4.78, 5) is 11.9. The van der Waals surface area contributed by atoms with Gasteiger partial charge in [-0.25, -0.2) is 9.18 Å². The predicted octanol–water partition coefficient (Wildman–Crippen LogP) is 4.27. The fourth-order valence-electron chi connectivity index (χ4n) is 1.73. The van der Waals surface area contributed by atoms with Crippen LogP contribution in [-0.4, -0.2) is 11.1 Å². The molecule has 0 saturated heterocycles. The van der Waals surface area contributed by atoms with Crippen LogP contribution in [-0.2, 0) is 6.61 Å². The van der Waals surface area contributed by atoms with E-state index in [9.17, 15) is 14.3 Å². The van der Waals surface area contributed by atoms with E-state index in [4.69, 9.17) is 23.2 Å². The van der Waals surface area contributed by atoms with E-state index in [1.165, 1.54) is 30.3 Å². The number of rotatable bonds is 3. The van der Waals surface area contributed by atoms with Gasteiger partial charge in [0, 0.05) is 21.3 Å². The summed E-state index contributed by atoms with van der Waals surface area (Å²) in [6, 6.07) is 7.78. The molecule has 0 saturated carbocycles. The maximum atomic E-state index is 13.0. The minimum atomic E-state index is -0.603. The van der Waals surface area contributed by atoms with Crippen molar-refractivity contribution in [1.29, 1.82) is 0 Å². The van der Waals surface area contributed by atoms with E-state index in [0.29, 0.717) is 16.3 Å². The SMILES string of the molecule is O=C(Nc1cccc(F)c1)Nc1cc(Cl)cc(Cl)c1CO. The number of hydrogen-bond acceptors (Lipinski definition) is 2. The summed E-state index contributed by atoms with van der Waals surface area (Å²) in [5.41, 5.74) is 0.922. The van der Waals surface area contributed by atoms with Crippen molar-refractivity contribution in [2.24, 2.45) is 0 Å². The molecule has 4 nitrogen and oxygen atoms in total. The molecule has 0 aliphatic heterocycles. The fourth-order valence-corrected chi connectivity index (χ4v) is 2.28. The first-order valence-electron chi connectivity index (χ1n) is 5.92. The summed E-state index contributed by atoms with van der Waals surface area (Å²) in [5.74, 6) is -0.463. The van der Waals surface area contributed by atoms with Gasteiger partial charge in [0.1, 0.15) is 5.82 Å². The highest BCUT2D eigenvalue weighted by molar-refractivity contribution is 6.35. The molecule has 21 heavy (non-hydrogen) atoms. The van der Waals surface area contributed by atoms with Crippen LogP contribution in [0.1, 0.15) is 5.56 Å². The average molecular weight is 329 g/mol. The monoisotopic (exact) mass is 328 g/mol. The molecular weight excluding hydrogens is 318 g/mol. The van der Waals surface area contributed by atoms with E-state index in [1.807, 2.05) is 0 Å². The van der Waals surface area contributed by atoms with E-state index >= 15 is 0 Å². The van der Waals surface area contributed by atoms with Gasteiger partial charge in [-0.15, -0.1) is 0 Å². The first-order chi connectivity index (χ1) is 9.99. The van der Waals surface area contributed by atoms with Crippen molar-refractivity contribution in [1.82, 2.24) is 0 Å². The summed E-state index contributed by atoms with van der Waals surface area (Å²) in [5, 5.41) is 14.8. The minimum absolute atomic E-state index is 0.242. The molecule has 110 valence electrons. The molecule has 7 heteroatoms. The first-order valence-corrected chi connectivity index (χ1v) is 6.67. The van der Waals surface area contributed by atoms with Crippen molar-refractivity contribution in [2.75, 3.05) is 10.6 Å². The Kier molecular flexibility index (Phi) is 5.01. The third-order valence-electron chi connectivity index (χ3n) is 2.65. The Balaban J connectivity index is 2.16. The molecule has 2 amide bonds. The Morgan fingerprint density at radius 3 is 2.62 bits per heavy atom. The summed E-state index contributed by atoms with van der Waals surface area (Å²) in [6.07, 6.45) is 0. The second-order valence-electron chi connectivity index (χ2n) is 4.16. The zero-order chi connectivity index (χ0) is 15.4. The van der Waals surface area contributed by atoms with Crippen LogP contribution in [0.25, 0.3) is 0 Å². The highest BCUT2D eigenvalue weighted by atomic mass is 35.5. The van der Waals surface area contributed by atoms with Gasteiger partial charge in [-0.05, 0) is 30.3 Å². The largest absolute Gasteiger partial charge is 0.392 e. The number of carbonyl (C=O) groups is 1. The molecular formula is C14H11Cl2FN2O2. The highest BCUT2D eigenvalue weighted by Gasteiger charge is 2.11. The summed E-state index contributed by atoms with van der Waals surface area (Å²) >= 11 is 11.8. The Hall–Kier alpha value is -1.82. The number of aliphatic hydroxyl groups excluding tert-OH is 1. The van der Waals surface area contributed by atoms with E-state index in [-0.39, 0.29) is 17.3 Å². The molecule has 0 spiro atoms. The first kappa shape index (κ1) is 15.6. The second-order valence-corrected chi connectivity index (χ2v) is 5.00. The van der Waals surface area contributed by atoms with Gasteiger partial charge in [0.2, 0.25) is 0 Å². The number of nitrogens with one attached hydrogen (secondary N) is 2. The molecule has 0 aliphatic carbocycles. The molecule has 0 aliphatic rings. The molecule has 2 aromatic carbocycles. The number of amides is 2. The summed E-state index contributed by atoms with van der Waals surface area (Å²) < 4.78 is 13.0. The van der Waals surface area contributed by atoms with Crippen LogP contribution < -0.4 is 10.6 Å². The average Bonchev–Trinajstić information content (AvgIpc) is 2.37. The Morgan fingerprint density at radius 1 is 1.19 bits per heavy atom. The van der Waals surface area contributed by atoms with E-state index < -0.39 is 11.8 Å². The topological polar surface area (TPSA) is 61.4 Å². The normalized spacial score (nSPS) is 10.3. The van der Waals surface area contributed by atoms with Crippen molar-refractivity contribution in [2.45, 2.75) is 6.61 Å². The van der Waals surface area contributed by atoms with Crippen LogP contribution in [0.2, 0.25) is 10.0 Å². The van der Waals surface area contributed by atoms with E-state index in [2.05, 4.69) is 10.6 Å². The molecule has 0 bridgehead atoms. The molecule has 0 atom stereocenters. The van der Waals surface area contributed by atoms with Crippen molar-refractivity contribution >= 4 is 40.6 Å². The predicted molar refractivity (Wildman–Crippen MR) is 81.4 cm³/mol. The van der Waals surface area contributed by atoms with Crippen molar-refractivity contribution in [3.8, 4) is 0 Å². The van der Waals surface area contributed by atoms with Gasteiger partial charge >= 0.3 is 6.03 Å². The van der Waals surface area contributed by atoms with Gasteiger partial charge in [-0.3, -0.25) is 0 Å². The van der Waals surface area contributed by atoms with Crippen LogP contribution in [0.15, 0.2) is 36.4 Å². The van der Waals surface area contributed by atoms with Gasteiger partial charge in [-0.1, -0.05) is 29.3 Å². The minimum Gasteiger partial charge on any atom is -0.392 e. The van der Waals surface area contributed by atoms with Crippen LogP contribution in [0, 0.1) is 5.82 Å². The van der Waals surface area contributed by atoms with Crippen LogP contribution in [0.3, 0.4) is 0 Å². The quantitative estimate of drug-likeness (QED) is 0.787. The zero-order valence-electron chi connectivity index (χ0n) is 10.7.